The Morgan fingerprint density at radius 3 is 2.15 bits per heavy atom. The number of allylic oxidation sites excluding steroid dienone is 12. The van der Waals surface area contributed by atoms with E-state index in [1.54, 1.807) is 84.7 Å². The quantitative estimate of drug-likeness (QED) is 0.101. The molecule has 1 unspecified atom stereocenters. The summed E-state index contributed by atoms with van der Waals surface area (Å²) in [7, 11) is 0. The van der Waals surface area contributed by atoms with Crippen LogP contribution in [0.2, 0.25) is 0 Å². The third-order valence-corrected chi connectivity index (χ3v) is 8.50. The molecule has 2 aromatic rings. The molecular weight excluding hydrogens is 649 g/mol. The Hall–Kier alpha value is -7.19. The number of piperazine rings is 1. The summed E-state index contributed by atoms with van der Waals surface area (Å²) in [6.45, 7) is 19.2. The SMILES string of the molecule is [C-]#[N+]C([N+]#[C-])=C(/C(C#N)=C/C=C/C1=C(N2CCN(C(=O)OCC)CC2)C(=C/C=C/C(C#N)=C(c2ccccc2)C(C#N)C=[N-])/CC1)c1ccccc1. The normalized spacial score (nSPS) is 16.3. The first kappa shape index (κ1) is 37.6. The van der Waals surface area contributed by atoms with Crippen LogP contribution >= 0.6 is 0 Å². The van der Waals surface area contributed by atoms with Crippen molar-refractivity contribution in [2.24, 2.45) is 5.92 Å². The van der Waals surface area contributed by atoms with Gasteiger partial charge in [0.15, 0.2) is 0 Å². The highest BCUT2D eigenvalue weighted by molar-refractivity contribution is 5.90. The summed E-state index contributed by atoms with van der Waals surface area (Å²) in [5.74, 6) is -1.20. The Labute approximate surface area is 304 Å². The van der Waals surface area contributed by atoms with Gasteiger partial charge in [-0.15, -0.1) is 0 Å². The van der Waals surface area contributed by atoms with Gasteiger partial charge in [0, 0.05) is 31.9 Å². The van der Waals surface area contributed by atoms with Crippen LogP contribution in [-0.4, -0.2) is 54.9 Å². The molecule has 256 valence electrons. The molecule has 1 atom stereocenters. The van der Waals surface area contributed by atoms with E-state index in [0.29, 0.717) is 62.3 Å². The molecule has 1 aliphatic heterocycles. The number of carbonyl (C=O) groups excluding carboxylic acids is 1. The first-order valence-electron chi connectivity index (χ1n) is 16.6. The van der Waals surface area contributed by atoms with Gasteiger partial charge in [0.25, 0.3) is 0 Å². The van der Waals surface area contributed by atoms with E-state index >= 15 is 0 Å². The van der Waals surface area contributed by atoms with E-state index in [0.717, 1.165) is 23.1 Å². The minimum absolute atomic E-state index is 0.187. The molecule has 4 rings (SSSR count). The predicted molar refractivity (Wildman–Crippen MR) is 201 cm³/mol. The van der Waals surface area contributed by atoms with Crippen LogP contribution in [0.15, 0.2) is 131 Å². The Morgan fingerprint density at radius 2 is 1.60 bits per heavy atom. The molecule has 0 spiro atoms. The van der Waals surface area contributed by atoms with Crippen molar-refractivity contribution in [2.75, 3.05) is 32.8 Å². The lowest BCUT2D eigenvalue weighted by Crippen LogP contribution is -2.48. The Bertz CT molecular complexity index is 2080. The van der Waals surface area contributed by atoms with Gasteiger partial charge in [-0.1, -0.05) is 85.0 Å². The summed E-state index contributed by atoms with van der Waals surface area (Å²) in [6.07, 6.45) is 12.4. The second kappa shape index (κ2) is 19.1. The van der Waals surface area contributed by atoms with E-state index in [1.807, 2.05) is 24.3 Å². The molecule has 1 fully saturated rings. The van der Waals surface area contributed by atoms with Crippen LogP contribution in [0, 0.1) is 53.1 Å². The predicted octanol–water partition coefficient (Wildman–Crippen LogP) is 8.26. The summed E-state index contributed by atoms with van der Waals surface area (Å²) in [5.41, 5.74) is 5.32. The molecule has 52 heavy (non-hydrogen) atoms. The first-order valence-corrected chi connectivity index (χ1v) is 16.6. The van der Waals surface area contributed by atoms with Crippen LogP contribution < -0.4 is 0 Å². The molecule has 10 heteroatoms. The average molecular weight is 684 g/mol. The van der Waals surface area contributed by atoms with Crippen molar-refractivity contribution in [3.63, 3.8) is 0 Å². The summed E-state index contributed by atoms with van der Waals surface area (Å²) in [5, 5.41) is 39.8. The molecule has 1 heterocycles. The smallest absolute Gasteiger partial charge is 0.528 e. The van der Waals surface area contributed by atoms with E-state index in [9.17, 15) is 26.0 Å². The standard InChI is InChI=1S/C42H35N8O2/c1-4-52-42(51)50-25-23-49(24-26-50)40-33(17-11-19-35(27-43)38(37(29-45)30-46)31-13-7-5-8-14-31)21-22-34(40)18-12-20-36(28-44)39(41(47-2)48-3)32-15-9-6-10-16-32/h5-20,29,37H,4,21-26H2,1H3/q-1/b18-12+,19-11+,33-17+,36-20+,38-35?. The fraction of sp³-hybridized carbons (Fsp3) is 0.214. The topological polar surface area (TPSA) is 135 Å². The van der Waals surface area contributed by atoms with Crippen LogP contribution in [0.1, 0.15) is 30.9 Å². The maximum atomic E-state index is 12.4. The number of nitriles is 3. The highest BCUT2D eigenvalue weighted by Gasteiger charge is 2.28. The number of carbonyl (C=O) groups is 1. The third kappa shape index (κ3) is 9.07. The molecule has 1 aliphatic carbocycles. The minimum Gasteiger partial charge on any atom is -0.813 e. The molecular formula is C42H35N8O2-. The van der Waals surface area contributed by atoms with Gasteiger partial charge in [-0.3, -0.25) is 0 Å². The zero-order chi connectivity index (χ0) is 37.3. The number of rotatable bonds is 11. The van der Waals surface area contributed by atoms with Crippen LogP contribution in [0.25, 0.3) is 26.2 Å². The molecule has 1 saturated heterocycles. The number of hydrogen-bond donors (Lipinski definition) is 0. The molecule has 0 N–H and O–H groups in total. The van der Waals surface area contributed by atoms with Crippen molar-refractivity contribution < 1.29 is 9.53 Å². The fourth-order valence-electron chi connectivity index (χ4n) is 6.09. The van der Waals surface area contributed by atoms with Gasteiger partial charge in [-0.05, 0) is 59.8 Å². The van der Waals surface area contributed by atoms with E-state index in [2.05, 4.69) is 32.8 Å². The zero-order valence-corrected chi connectivity index (χ0v) is 28.7. The van der Waals surface area contributed by atoms with Crippen molar-refractivity contribution in [1.82, 2.24) is 9.80 Å². The fourth-order valence-corrected chi connectivity index (χ4v) is 6.09. The second-order valence-corrected chi connectivity index (χ2v) is 11.5. The minimum atomic E-state index is -1.01. The van der Waals surface area contributed by atoms with E-state index in [1.165, 1.54) is 0 Å². The maximum absolute atomic E-state index is 12.4. The van der Waals surface area contributed by atoms with Gasteiger partial charge < -0.3 is 19.9 Å². The van der Waals surface area contributed by atoms with Gasteiger partial charge in [0.1, 0.15) is 13.1 Å². The Morgan fingerprint density at radius 1 is 0.942 bits per heavy atom. The van der Waals surface area contributed by atoms with Gasteiger partial charge in [-0.25, -0.2) is 4.79 Å². The van der Waals surface area contributed by atoms with Crippen molar-refractivity contribution >= 4 is 23.5 Å². The monoisotopic (exact) mass is 683 g/mol. The van der Waals surface area contributed by atoms with Gasteiger partial charge in [0.2, 0.25) is 0 Å². The molecule has 0 aromatic heterocycles. The summed E-state index contributed by atoms with van der Waals surface area (Å²) in [6, 6.07) is 24.3. The zero-order valence-electron chi connectivity index (χ0n) is 28.7. The summed E-state index contributed by atoms with van der Waals surface area (Å²) >= 11 is 0. The second-order valence-electron chi connectivity index (χ2n) is 11.5. The molecule has 2 aliphatic rings. The van der Waals surface area contributed by atoms with Gasteiger partial charge in [-0.2, -0.15) is 31.7 Å². The highest BCUT2D eigenvalue weighted by atomic mass is 16.6. The molecule has 0 radical (unpaired) electrons. The molecule has 10 nitrogen and oxygen atoms in total. The first-order chi connectivity index (χ1) is 25.4. The Balaban J connectivity index is 1.76. The number of amides is 1. The van der Waals surface area contributed by atoms with E-state index < -0.39 is 5.92 Å². The van der Waals surface area contributed by atoms with Crippen LogP contribution in [0.3, 0.4) is 0 Å². The molecule has 0 bridgehead atoms. The van der Waals surface area contributed by atoms with Crippen LogP contribution in [-0.2, 0) is 4.74 Å². The third-order valence-electron chi connectivity index (χ3n) is 8.50. The maximum Gasteiger partial charge on any atom is 0.528 e. The number of ether oxygens (including phenoxy) is 1. The van der Waals surface area contributed by atoms with Gasteiger partial charge in [0.05, 0.1) is 47.5 Å². The molecule has 0 saturated carbocycles. The van der Waals surface area contributed by atoms with Crippen LogP contribution in [0.5, 0.6) is 0 Å². The van der Waals surface area contributed by atoms with Crippen molar-refractivity contribution in [2.45, 2.75) is 19.8 Å². The summed E-state index contributed by atoms with van der Waals surface area (Å²) < 4.78 is 5.21. The van der Waals surface area contributed by atoms with E-state index in [-0.39, 0.29) is 28.6 Å². The lowest BCUT2D eigenvalue weighted by molar-refractivity contribution is 0.0873. The largest absolute Gasteiger partial charge is 0.813 e. The number of benzene rings is 2. The lowest BCUT2D eigenvalue weighted by Gasteiger charge is -2.37. The number of nitrogens with zero attached hydrogens (tertiary/aromatic N) is 8. The Kier molecular flexibility index (Phi) is 13.8. The van der Waals surface area contributed by atoms with Crippen molar-refractivity contribution in [3.05, 3.63) is 170 Å². The average Bonchev–Trinajstić information content (AvgIpc) is 3.59. The van der Waals surface area contributed by atoms with Gasteiger partial charge >= 0.3 is 11.9 Å². The van der Waals surface area contributed by atoms with Crippen LogP contribution in [0.4, 0.5) is 4.79 Å². The van der Waals surface area contributed by atoms with Crippen molar-refractivity contribution in [1.29, 1.82) is 15.8 Å². The van der Waals surface area contributed by atoms with Crippen molar-refractivity contribution in [3.8, 4) is 18.2 Å². The molecule has 1 amide bonds. The summed E-state index contributed by atoms with van der Waals surface area (Å²) in [4.78, 5) is 23.1. The highest BCUT2D eigenvalue weighted by Crippen LogP contribution is 2.36. The number of hydrogen-bond acceptors (Lipinski definition) is 6. The molecule has 2 aromatic carbocycles. The lowest BCUT2D eigenvalue weighted by atomic mass is 9.90. The van der Waals surface area contributed by atoms with E-state index in [4.69, 9.17) is 17.9 Å².